The molecule has 3 aliphatic rings. The van der Waals surface area contributed by atoms with E-state index in [1.54, 1.807) is 6.92 Å². The number of amides is 1. The van der Waals surface area contributed by atoms with Gasteiger partial charge < -0.3 is 30.4 Å². The smallest absolute Gasteiger partial charge is 0.353 e. The quantitative estimate of drug-likeness (QED) is 0.409. The Kier molecular flexibility index (Phi) is 6.41. The number of aliphatic hydroxyl groups is 2. The second-order valence-corrected chi connectivity index (χ2v) is 9.76. The number of β-lactam (4-membered cyclic amide) rings is 1. The number of carbonyl (C=O) groups is 2. The summed E-state index contributed by atoms with van der Waals surface area (Å²) in [6.07, 6.45) is 0.200. The lowest BCUT2D eigenvalue weighted by Gasteiger charge is -2.46. The number of hydrogen-bond donors (Lipinski definition) is 4. The minimum Gasteiger partial charge on any atom is -0.477 e. The lowest BCUT2D eigenvalue weighted by molar-refractivity contribution is -0.163. The van der Waals surface area contributed by atoms with Crippen LogP contribution in [0.15, 0.2) is 10.6 Å². The van der Waals surface area contributed by atoms with Crippen molar-refractivity contribution in [1.82, 2.24) is 15.1 Å². The Morgan fingerprint density at radius 3 is 2.64 bits per heavy atom. The van der Waals surface area contributed by atoms with Crippen molar-refractivity contribution in [2.24, 2.45) is 11.8 Å². The third-order valence-electron chi connectivity index (χ3n) is 6.07. The molecule has 0 aromatic rings. The molecule has 0 spiro atoms. The molecular formula is C19H31N3O5S. The van der Waals surface area contributed by atoms with Crippen molar-refractivity contribution in [3.8, 4) is 0 Å². The van der Waals surface area contributed by atoms with E-state index in [9.17, 15) is 24.9 Å². The maximum atomic E-state index is 12.4. The van der Waals surface area contributed by atoms with Crippen molar-refractivity contribution in [1.29, 1.82) is 0 Å². The highest BCUT2D eigenvalue weighted by molar-refractivity contribution is 8.03. The topological polar surface area (TPSA) is 113 Å². The van der Waals surface area contributed by atoms with Crippen LogP contribution in [0.4, 0.5) is 0 Å². The maximum Gasteiger partial charge on any atom is 0.353 e. The zero-order chi connectivity index (χ0) is 20.7. The minimum atomic E-state index is -1.09. The molecule has 0 bridgehead atoms. The number of thioether (sulfide) groups is 1. The first-order valence-corrected chi connectivity index (χ1v) is 10.7. The van der Waals surface area contributed by atoms with Crippen molar-refractivity contribution >= 4 is 23.6 Å². The van der Waals surface area contributed by atoms with Crippen LogP contribution < -0.4 is 5.32 Å². The number of carboxylic acids is 1. The van der Waals surface area contributed by atoms with Gasteiger partial charge in [0, 0.05) is 35.2 Å². The van der Waals surface area contributed by atoms with Gasteiger partial charge in [0.1, 0.15) is 5.70 Å². The van der Waals surface area contributed by atoms with E-state index in [1.807, 2.05) is 25.9 Å². The van der Waals surface area contributed by atoms with Gasteiger partial charge in [0.15, 0.2) is 0 Å². The number of rotatable bonds is 8. The molecule has 3 heterocycles. The monoisotopic (exact) mass is 413 g/mol. The van der Waals surface area contributed by atoms with Gasteiger partial charge in [-0.15, -0.1) is 11.8 Å². The Labute approximate surface area is 169 Å². The molecule has 3 rings (SSSR count). The van der Waals surface area contributed by atoms with Crippen molar-refractivity contribution in [3.63, 3.8) is 0 Å². The second kappa shape index (κ2) is 8.31. The number of carbonyl (C=O) groups excluding carboxylic acids is 1. The van der Waals surface area contributed by atoms with Gasteiger partial charge in [-0.2, -0.15) is 0 Å². The van der Waals surface area contributed by atoms with E-state index in [1.165, 1.54) is 16.7 Å². The number of nitrogens with one attached hydrogen (secondary N) is 1. The highest BCUT2D eigenvalue weighted by atomic mass is 32.2. The van der Waals surface area contributed by atoms with Crippen molar-refractivity contribution in [2.75, 3.05) is 27.2 Å². The first-order valence-electron chi connectivity index (χ1n) is 9.84. The predicted molar refractivity (Wildman–Crippen MR) is 107 cm³/mol. The summed E-state index contributed by atoms with van der Waals surface area (Å²) in [5.74, 6) is -2.06. The van der Waals surface area contributed by atoms with Crippen molar-refractivity contribution in [3.05, 3.63) is 10.6 Å². The van der Waals surface area contributed by atoms with E-state index >= 15 is 0 Å². The molecule has 28 heavy (non-hydrogen) atoms. The maximum absolute atomic E-state index is 12.4. The van der Waals surface area contributed by atoms with Gasteiger partial charge in [-0.05, 0) is 33.9 Å². The Morgan fingerprint density at radius 2 is 2.07 bits per heavy atom. The van der Waals surface area contributed by atoms with Crippen LogP contribution in [0.2, 0.25) is 0 Å². The van der Waals surface area contributed by atoms with Gasteiger partial charge in [0.2, 0.25) is 5.91 Å². The van der Waals surface area contributed by atoms with E-state index in [4.69, 9.17) is 0 Å². The lowest BCUT2D eigenvalue weighted by Crippen LogP contribution is -2.63. The number of aliphatic carboxylic acids is 1. The van der Waals surface area contributed by atoms with Gasteiger partial charge in [0.25, 0.3) is 0 Å². The molecule has 9 heteroatoms. The number of aliphatic hydroxyl groups excluding tert-OH is 2. The molecule has 0 aromatic heterocycles. The van der Waals surface area contributed by atoms with E-state index in [0.717, 1.165) is 13.0 Å². The predicted octanol–water partition coefficient (Wildman–Crippen LogP) is -0.0836. The second-order valence-electron chi connectivity index (χ2n) is 8.42. The lowest BCUT2D eigenvalue weighted by atomic mass is 9.79. The fourth-order valence-corrected chi connectivity index (χ4v) is 6.06. The van der Waals surface area contributed by atoms with Crippen LogP contribution in [0.25, 0.3) is 0 Å². The van der Waals surface area contributed by atoms with Crippen LogP contribution in [-0.2, 0) is 9.59 Å². The molecule has 0 aliphatic carbocycles. The average Bonchev–Trinajstić information content (AvgIpc) is 3.15. The summed E-state index contributed by atoms with van der Waals surface area (Å²) in [7, 11) is 3.94. The molecule has 158 valence electrons. The van der Waals surface area contributed by atoms with Crippen molar-refractivity contribution in [2.45, 2.75) is 56.2 Å². The Bertz CT molecular complexity index is 668. The summed E-state index contributed by atoms with van der Waals surface area (Å²) in [6, 6.07) is -0.288. The minimum absolute atomic E-state index is 0.00749. The highest BCUT2D eigenvalue weighted by Crippen LogP contribution is 2.51. The molecule has 2 fully saturated rings. The van der Waals surface area contributed by atoms with Gasteiger partial charge in [-0.25, -0.2) is 4.79 Å². The first kappa shape index (κ1) is 21.6. The summed E-state index contributed by atoms with van der Waals surface area (Å²) >= 11 is 1.51. The fraction of sp³-hybridized carbons (Fsp3) is 0.789. The Morgan fingerprint density at radius 1 is 1.39 bits per heavy atom. The SMILES string of the molecule is C[C@@H](O)[C@H]1C(=O)N2C(C(=O)O)=C(S[C@@H]3CN[C@H](C(O)CCN(C)C)C3)[C@H](C)[C@H]12. The van der Waals surface area contributed by atoms with Crippen LogP contribution in [-0.4, -0.2) is 93.7 Å². The average molecular weight is 414 g/mol. The molecule has 0 aromatic carbocycles. The molecule has 1 amide bonds. The van der Waals surface area contributed by atoms with Crippen LogP contribution in [0.3, 0.4) is 0 Å². The molecule has 4 N–H and O–H groups in total. The highest BCUT2D eigenvalue weighted by Gasteiger charge is 2.60. The Balaban J connectivity index is 1.68. The number of fused-ring (bicyclic) bond motifs is 1. The summed E-state index contributed by atoms with van der Waals surface area (Å²) < 4.78 is 0. The molecule has 3 aliphatic heterocycles. The zero-order valence-electron chi connectivity index (χ0n) is 16.8. The molecule has 0 radical (unpaired) electrons. The van der Waals surface area contributed by atoms with Crippen molar-refractivity contribution < 1.29 is 24.9 Å². The van der Waals surface area contributed by atoms with Gasteiger partial charge >= 0.3 is 5.97 Å². The third kappa shape index (κ3) is 3.82. The van der Waals surface area contributed by atoms with Gasteiger partial charge in [0.05, 0.1) is 24.2 Å². The van der Waals surface area contributed by atoms with Crippen LogP contribution in [0.1, 0.15) is 26.7 Å². The summed E-state index contributed by atoms with van der Waals surface area (Å²) in [5.41, 5.74) is 0.0704. The van der Waals surface area contributed by atoms with E-state index in [-0.39, 0.29) is 34.9 Å². The van der Waals surface area contributed by atoms with E-state index < -0.39 is 24.1 Å². The van der Waals surface area contributed by atoms with Crippen LogP contribution in [0.5, 0.6) is 0 Å². The number of nitrogens with zero attached hydrogens (tertiary/aromatic N) is 2. The molecule has 2 saturated heterocycles. The molecule has 1 unspecified atom stereocenters. The first-order chi connectivity index (χ1) is 13.1. The standard InChI is InChI=1S/C19H31N3O5S/c1-9-15-14(10(2)23)18(25)22(15)16(19(26)27)17(9)28-11-7-12(20-8-11)13(24)5-6-21(3)4/h9-15,20,23-24H,5-8H2,1-4H3,(H,26,27)/t9-,10-,11+,12+,13?,14-,15-/m1/s1. The fourth-order valence-electron chi connectivity index (χ4n) is 4.57. The summed E-state index contributed by atoms with van der Waals surface area (Å²) in [5, 5.41) is 33.5. The number of carboxylic acid groups (broad SMARTS) is 1. The summed E-state index contributed by atoms with van der Waals surface area (Å²) in [4.78, 5) is 28.4. The third-order valence-corrected chi connectivity index (χ3v) is 7.58. The van der Waals surface area contributed by atoms with E-state index in [0.29, 0.717) is 17.9 Å². The van der Waals surface area contributed by atoms with E-state index in [2.05, 4.69) is 5.32 Å². The largest absolute Gasteiger partial charge is 0.477 e. The Hall–Kier alpha value is -1.13. The van der Waals surface area contributed by atoms with Gasteiger partial charge in [-0.1, -0.05) is 6.92 Å². The number of hydrogen-bond acceptors (Lipinski definition) is 7. The van der Waals surface area contributed by atoms with Crippen LogP contribution >= 0.6 is 11.8 Å². The normalized spacial score (nSPS) is 34.6. The zero-order valence-corrected chi connectivity index (χ0v) is 17.6. The van der Waals surface area contributed by atoms with Gasteiger partial charge in [-0.3, -0.25) is 4.79 Å². The molecule has 0 saturated carbocycles. The summed E-state index contributed by atoms with van der Waals surface area (Å²) in [6.45, 7) is 5.01. The van der Waals surface area contributed by atoms with Crippen LogP contribution in [0, 0.1) is 11.8 Å². The molecule has 7 atom stereocenters. The molecular weight excluding hydrogens is 382 g/mol. The molecule has 8 nitrogen and oxygen atoms in total.